The van der Waals surface area contributed by atoms with E-state index >= 15 is 0 Å². The molecule has 0 saturated heterocycles. The third kappa shape index (κ3) is 2.28. The molecule has 1 aromatic carbocycles. The van der Waals surface area contributed by atoms with E-state index in [2.05, 4.69) is 19.1 Å². The molecule has 0 fully saturated rings. The zero-order valence-corrected chi connectivity index (χ0v) is 6.98. The predicted molar refractivity (Wildman–Crippen MR) is 31.2 cm³/mol. The van der Waals surface area contributed by atoms with Gasteiger partial charge in [0, 0.05) is 21.1 Å². The maximum absolute atomic E-state index is 2.08. The van der Waals surface area contributed by atoms with Gasteiger partial charge in [-0.3, -0.25) is 0 Å². The minimum atomic E-state index is 0. The van der Waals surface area contributed by atoms with Gasteiger partial charge in [0.05, 0.1) is 0 Å². The molecule has 46 valence electrons. The quantitative estimate of drug-likeness (QED) is 0.684. The minimum Gasteiger partial charge on any atom is -0.0622 e. The molecule has 0 aliphatic rings. The normalized spacial score (nSPS) is 7.62. The Hall–Kier alpha value is -0.0917. The van der Waals surface area contributed by atoms with Gasteiger partial charge >= 0.3 is 0 Å². The van der Waals surface area contributed by atoms with Crippen molar-refractivity contribution in [3.63, 3.8) is 0 Å². The Kier molecular flexibility index (Phi) is 3.81. The summed E-state index contributed by atoms with van der Waals surface area (Å²) in [6, 6.07) is 10.3. The molecular weight excluding hydrogens is 279 g/mol. The Bertz CT molecular complexity index is 134. The first-order valence-electron chi connectivity index (χ1n) is 2.41. The Balaban J connectivity index is 0.000000490. The summed E-state index contributed by atoms with van der Waals surface area (Å²) >= 11 is 0. The summed E-state index contributed by atoms with van der Waals surface area (Å²) in [6.45, 7) is 2.08. The smallest absolute Gasteiger partial charge is 0 e. The first-order chi connectivity index (χ1) is 3.39. The third-order valence-electron chi connectivity index (χ3n) is 0.940. The van der Waals surface area contributed by atoms with Crippen molar-refractivity contribution in [3.8, 4) is 0 Å². The summed E-state index contributed by atoms with van der Waals surface area (Å²) in [5.41, 5.74) is 1.32. The molecule has 0 amide bonds. The summed E-state index contributed by atoms with van der Waals surface area (Å²) in [5.74, 6) is 0. The average molecular weight is 287 g/mol. The predicted octanol–water partition coefficient (Wildman–Crippen LogP) is 1.99. The van der Waals surface area contributed by atoms with Gasteiger partial charge in [-0.2, -0.15) is 0 Å². The number of benzene rings is 1. The fourth-order valence-corrected chi connectivity index (χ4v) is 0.534. The summed E-state index contributed by atoms with van der Waals surface area (Å²) in [7, 11) is 0. The Morgan fingerprint density at radius 1 is 1.00 bits per heavy atom. The van der Waals surface area contributed by atoms with E-state index in [0.717, 1.165) is 0 Å². The van der Waals surface area contributed by atoms with Gasteiger partial charge in [0.1, 0.15) is 0 Å². The van der Waals surface area contributed by atoms with Crippen LogP contribution in [-0.4, -0.2) is 0 Å². The molecule has 0 unspecified atom stereocenters. The summed E-state index contributed by atoms with van der Waals surface area (Å²) < 4.78 is 0. The summed E-state index contributed by atoms with van der Waals surface area (Å²) in [6.07, 6.45) is 0. The van der Waals surface area contributed by atoms with Gasteiger partial charge in [0.15, 0.2) is 0 Å². The zero-order chi connectivity index (χ0) is 5.11. The molecule has 0 aromatic heterocycles. The molecule has 0 N–H and O–H groups in total. The van der Waals surface area contributed by atoms with Crippen LogP contribution in [0.25, 0.3) is 0 Å². The van der Waals surface area contributed by atoms with Crippen LogP contribution in [0.4, 0.5) is 0 Å². The van der Waals surface area contributed by atoms with Gasteiger partial charge < -0.3 is 0 Å². The van der Waals surface area contributed by atoms with Crippen LogP contribution in [0, 0.1) is 6.92 Å². The van der Waals surface area contributed by atoms with E-state index in [1.807, 2.05) is 18.2 Å². The van der Waals surface area contributed by atoms with Gasteiger partial charge in [-0.15, -0.1) is 0 Å². The topological polar surface area (TPSA) is 0 Å². The van der Waals surface area contributed by atoms with Crippen molar-refractivity contribution in [1.82, 2.24) is 0 Å². The number of hydrogen-bond donors (Lipinski definition) is 0. The van der Waals surface area contributed by atoms with E-state index in [0.29, 0.717) is 0 Å². The Labute approximate surface area is 64.2 Å². The fourth-order valence-electron chi connectivity index (χ4n) is 0.534. The van der Waals surface area contributed by atoms with Gasteiger partial charge in [0.2, 0.25) is 0 Å². The van der Waals surface area contributed by atoms with Crippen molar-refractivity contribution in [1.29, 1.82) is 0 Å². The summed E-state index contributed by atoms with van der Waals surface area (Å²) in [4.78, 5) is 0. The zero-order valence-electron chi connectivity index (χ0n) is 4.70. The molecule has 1 heteroatoms. The van der Waals surface area contributed by atoms with Crippen LogP contribution in [0.15, 0.2) is 30.3 Å². The molecular formula is C7H8Pt. The van der Waals surface area contributed by atoms with Crippen molar-refractivity contribution in [2.45, 2.75) is 6.92 Å². The summed E-state index contributed by atoms with van der Waals surface area (Å²) in [5, 5.41) is 0. The van der Waals surface area contributed by atoms with Crippen LogP contribution in [0.1, 0.15) is 5.56 Å². The molecule has 0 aliphatic heterocycles. The second-order valence-corrected chi connectivity index (χ2v) is 1.65. The minimum absolute atomic E-state index is 0. The van der Waals surface area contributed by atoms with Crippen LogP contribution in [0.5, 0.6) is 0 Å². The monoisotopic (exact) mass is 287 g/mol. The maximum atomic E-state index is 2.08. The first-order valence-corrected chi connectivity index (χ1v) is 2.41. The molecule has 0 nitrogen and oxygen atoms in total. The molecule has 0 bridgehead atoms. The molecule has 0 atom stereocenters. The fraction of sp³-hybridized carbons (Fsp3) is 0.143. The molecule has 8 heavy (non-hydrogen) atoms. The van der Waals surface area contributed by atoms with Crippen molar-refractivity contribution in [2.75, 3.05) is 0 Å². The van der Waals surface area contributed by atoms with E-state index in [1.54, 1.807) is 0 Å². The standard InChI is InChI=1S/C7H8.Pt/c1-7-5-3-2-4-6-7;/h2-6H,1H3;. The maximum Gasteiger partial charge on any atom is 0 e. The van der Waals surface area contributed by atoms with Crippen LogP contribution in [0.3, 0.4) is 0 Å². The van der Waals surface area contributed by atoms with Crippen molar-refractivity contribution < 1.29 is 21.1 Å². The Morgan fingerprint density at radius 3 is 1.75 bits per heavy atom. The molecule has 0 heterocycles. The number of hydrogen-bond acceptors (Lipinski definition) is 0. The van der Waals surface area contributed by atoms with E-state index in [-0.39, 0.29) is 21.1 Å². The SMILES string of the molecule is Cc1ccccc1.[Pt]. The van der Waals surface area contributed by atoms with Gasteiger partial charge in [-0.05, 0) is 6.92 Å². The van der Waals surface area contributed by atoms with Crippen LogP contribution < -0.4 is 0 Å². The van der Waals surface area contributed by atoms with E-state index < -0.39 is 0 Å². The van der Waals surface area contributed by atoms with Crippen molar-refractivity contribution in [3.05, 3.63) is 35.9 Å². The molecule has 0 radical (unpaired) electrons. The molecule has 1 aromatic rings. The van der Waals surface area contributed by atoms with Crippen LogP contribution in [-0.2, 0) is 21.1 Å². The van der Waals surface area contributed by atoms with Crippen LogP contribution in [0.2, 0.25) is 0 Å². The molecule has 0 spiro atoms. The van der Waals surface area contributed by atoms with Crippen molar-refractivity contribution >= 4 is 0 Å². The first kappa shape index (κ1) is 7.91. The van der Waals surface area contributed by atoms with Gasteiger partial charge in [-0.1, -0.05) is 35.9 Å². The second-order valence-electron chi connectivity index (χ2n) is 1.65. The Morgan fingerprint density at radius 2 is 1.50 bits per heavy atom. The van der Waals surface area contributed by atoms with E-state index in [9.17, 15) is 0 Å². The van der Waals surface area contributed by atoms with Crippen LogP contribution >= 0.6 is 0 Å². The van der Waals surface area contributed by atoms with E-state index in [4.69, 9.17) is 0 Å². The van der Waals surface area contributed by atoms with E-state index in [1.165, 1.54) is 5.56 Å². The second kappa shape index (κ2) is 3.86. The number of aryl methyl sites for hydroxylation is 1. The van der Waals surface area contributed by atoms with Gasteiger partial charge in [-0.25, -0.2) is 0 Å². The third-order valence-corrected chi connectivity index (χ3v) is 0.940. The van der Waals surface area contributed by atoms with Gasteiger partial charge in [0.25, 0.3) is 0 Å². The molecule has 0 aliphatic carbocycles. The van der Waals surface area contributed by atoms with Crippen molar-refractivity contribution in [2.24, 2.45) is 0 Å². The largest absolute Gasteiger partial charge is 0.0622 e. The molecule has 1 rings (SSSR count). The number of rotatable bonds is 0. The average Bonchev–Trinajstić information content (AvgIpc) is 1.69. The molecule has 0 saturated carbocycles.